The molecular formula is C7H6BrClN2O2. The standard InChI is InChI=1S/C7H6BrClN2O2/c8-5-3-10-7(9)4(11-5)1-2-6(12)13/h3H,1-2H2,(H,12,13). The molecule has 0 atom stereocenters. The van der Waals surface area contributed by atoms with Gasteiger partial charge in [-0.2, -0.15) is 0 Å². The molecule has 0 aromatic carbocycles. The topological polar surface area (TPSA) is 63.1 Å². The number of carbonyl (C=O) groups is 1. The van der Waals surface area contributed by atoms with Crippen LogP contribution in [0.3, 0.4) is 0 Å². The van der Waals surface area contributed by atoms with Crippen molar-refractivity contribution in [2.45, 2.75) is 12.8 Å². The van der Waals surface area contributed by atoms with Crippen LogP contribution in [0.25, 0.3) is 0 Å². The molecular weight excluding hydrogens is 259 g/mol. The molecule has 4 nitrogen and oxygen atoms in total. The summed E-state index contributed by atoms with van der Waals surface area (Å²) in [6.45, 7) is 0. The Morgan fingerprint density at radius 2 is 2.38 bits per heavy atom. The first-order valence-electron chi connectivity index (χ1n) is 3.48. The Morgan fingerprint density at radius 1 is 1.69 bits per heavy atom. The van der Waals surface area contributed by atoms with Gasteiger partial charge in [0.1, 0.15) is 4.60 Å². The Bertz CT molecular complexity index is 332. The minimum Gasteiger partial charge on any atom is -0.481 e. The Morgan fingerprint density at radius 3 is 3.00 bits per heavy atom. The molecule has 0 saturated carbocycles. The fraction of sp³-hybridized carbons (Fsp3) is 0.286. The van der Waals surface area contributed by atoms with Crippen molar-refractivity contribution >= 4 is 33.5 Å². The highest BCUT2D eigenvalue weighted by molar-refractivity contribution is 9.10. The van der Waals surface area contributed by atoms with E-state index in [9.17, 15) is 4.79 Å². The minimum absolute atomic E-state index is 0.00481. The molecule has 1 heterocycles. The molecule has 1 N–H and O–H groups in total. The van der Waals surface area contributed by atoms with Crippen LogP contribution < -0.4 is 0 Å². The van der Waals surface area contributed by atoms with Gasteiger partial charge in [0.25, 0.3) is 0 Å². The summed E-state index contributed by atoms with van der Waals surface area (Å²) in [6, 6.07) is 0. The maximum atomic E-state index is 10.3. The van der Waals surface area contributed by atoms with Crippen molar-refractivity contribution in [2.24, 2.45) is 0 Å². The Kier molecular flexibility index (Phi) is 3.62. The molecule has 13 heavy (non-hydrogen) atoms. The first-order chi connectivity index (χ1) is 6.09. The van der Waals surface area contributed by atoms with Crippen molar-refractivity contribution < 1.29 is 9.90 Å². The SMILES string of the molecule is O=C(O)CCc1nc(Br)cnc1Cl. The molecule has 70 valence electrons. The van der Waals surface area contributed by atoms with E-state index in [1.54, 1.807) is 0 Å². The monoisotopic (exact) mass is 264 g/mol. The van der Waals surface area contributed by atoms with Crippen LogP contribution in [0.2, 0.25) is 5.15 Å². The highest BCUT2D eigenvalue weighted by atomic mass is 79.9. The van der Waals surface area contributed by atoms with Gasteiger partial charge in [0.15, 0.2) is 5.15 Å². The van der Waals surface area contributed by atoms with Gasteiger partial charge >= 0.3 is 5.97 Å². The third kappa shape index (κ3) is 3.28. The number of rotatable bonds is 3. The molecule has 1 rings (SSSR count). The Labute approximate surface area is 88.1 Å². The maximum absolute atomic E-state index is 10.3. The highest BCUT2D eigenvalue weighted by Gasteiger charge is 2.06. The summed E-state index contributed by atoms with van der Waals surface area (Å²) < 4.78 is 0.553. The molecule has 0 spiro atoms. The van der Waals surface area contributed by atoms with Gasteiger partial charge < -0.3 is 5.11 Å². The van der Waals surface area contributed by atoms with Gasteiger partial charge in [0.2, 0.25) is 0 Å². The predicted molar refractivity (Wildman–Crippen MR) is 50.7 cm³/mol. The van der Waals surface area contributed by atoms with Gasteiger partial charge in [-0.3, -0.25) is 4.79 Å². The van der Waals surface area contributed by atoms with E-state index in [2.05, 4.69) is 25.9 Å². The summed E-state index contributed by atoms with van der Waals surface area (Å²) in [6.07, 6.45) is 1.76. The van der Waals surface area contributed by atoms with Crippen LogP contribution in [0.5, 0.6) is 0 Å². The number of aliphatic carboxylic acids is 1. The summed E-state index contributed by atoms with van der Waals surface area (Å²) in [4.78, 5) is 18.1. The lowest BCUT2D eigenvalue weighted by Gasteiger charge is -2.00. The number of carboxylic acids is 1. The summed E-state index contributed by atoms with van der Waals surface area (Å²) in [5, 5.41) is 8.69. The van der Waals surface area contributed by atoms with Crippen molar-refractivity contribution in [3.8, 4) is 0 Å². The molecule has 0 bridgehead atoms. The largest absolute Gasteiger partial charge is 0.481 e. The second kappa shape index (κ2) is 4.53. The third-order valence-electron chi connectivity index (χ3n) is 1.34. The molecule has 6 heteroatoms. The number of aromatic nitrogens is 2. The van der Waals surface area contributed by atoms with E-state index in [0.29, 0.717) is 16.7 Å². The summed E-state index contributed by atoms with van der Waals surface area (Å²) in [5.74, 6) is -0.877. The second-order valence-electron chi connectivity index (χ2n) is 2.32. The van der Waals surface area contributed by atoms with Gasteiger partial charge in [0, 0.05) is 6.42 Å². The molecule has 0 aliphatic carbocycles. The number of carboxylic acid groups (broad SMARTS) is 1. The second-order valence-corrected chi connectivity index (χ2v) is 3.49. The molecule has 0 saturated heterocycles. The quantitative estimate of drug-likeness (QED) is 0.907. The van der Waals surface area contributed by atoms with Gasteiger partial charge in [-0.25, -0.2) is 9.97 Å². The van der Waals surface area contributed by atoms with Crippen molar-refractivity contribution in [1.82, 2.24) is 9.97 Å². The van der Waals surface area contributed by atoms with E-state index < -0.39 is 5.97 Å². The van der Waals surface area contributed by atoms with Crippen molar-refractivity contribution in [3.05, 3.63) is 21.6 Å². The fourth-order valence-corrected chi connectivity index (χ4v) is 1.27. The van der Waals surface area contributed by atoms with E-state index >= 15 is 0 Å². The number of aryl methyl sites for hydroxylation is 1. The zero-order valence-corrected chi connectivity index (χ0v) is 8.84. The average molecular weight is 265 g/mol. The van der Waals surface area contributed by atoms with Crippen LogP contribution in [0.1, 0.15) is 12.1 Å². The normalized spacial score (nSPS) is 10.0. The van der Waals surface area contributed by atoms with Crippen molar-refractivity contribution in [2.75, 3.05) is 0 Å². The van der Waals surface area contributed by atoms with E-state index in [4.69, 9.17) is 16.7 Å². The lowest BCUT2D eigenvalue weighted by Crippen LogP contribution is -2.01. The molecule has 0 radical (unpaired) electrons. The van der Waals surface area contributed by atoms with Crippen LogP contribution in [0, 0.1) is 0 Å². The first-order valence-corrected chi connectivity index (χ1v) is 4.65. The van der Waals surface area contributed by atoms with Crippen molar-refractivity contribution in [1.29, 1.82) is 0 Å². The number of nitrogens with zero attached hydrogens (tertiary/aromatic N) is 2. The molecule has 0 aliphatic rings. The molecule has 0 fully saturated rings. The molecule has 1 aromatic heterocycles. The molecule has 0 unspecified atom stereocenters. The van der Waals surface area contributed by atoms with Gasteiger partial charge in [-0.05, 0) is 15.9 Å². The minimum atomic E-state index is -0.877. The third-order valence-corrected chi connectivity index (χ3v) is 2.04. The van der Waals surface area contributed by atoms with Crippen LogP contribution in [0.4, 0.5) is 0 Å². The predicted octanol–water partition coefficient (Wildman–Crippen LogP) is 1.91. The van der Waals surface area contributed by atoms with Gasteiger partial charge in [-0.15, -0.1) is 0 Å². The zero-order chi connectivity index (χ0) is 9.84. The molecule has 1 aromatic rings. The summed E-state index contributed by atoms with van der Waals surface area (Å²) in [7, 11) is 0. The van der Waals surface area contributed by atoms with Crippen molar-refractivity contribution in [3.63, 3.8) is 0 Å². The zero-order valence-electron chi connectivity index (χ0n) is 6.50. The maximum Gasteiger partial charge on any atom is 0.303 e. The van der Waals surface area contributed by atoms with E-state index in [1.807, 2.05) is 0 Å². The van der Waals surface area contributed by atoms with Crippen LogP contribution in [-0.4, -0.2) is 21.0 Å². The van der Waals surface area contributed by atoms with Gasteiger partial charge in [0.05, 0.1) is 18.3 Å². The lowest BCUT2D eigenvalue weighted by molar-refractivity contribution is -0.136. The van der Waals surface area contributed by atoms with Crippen LogP contribution in [0.15, 0.2) is 10.8 Å². The molecule has 0 amide bonds. The van der Waals surface area contributed by atoms with E-state index in [0.717, 1.165) is 0 Å². The Hall–Kier alpha value is -0.680. The highest BCUT2D eigenvalue weighted by Crippen LogP contribution is 2.15. The fourth-order valence-electron chi connectivity index (χ4n) is 0.773. The van der Waals surface area contributed by atoms with E-state index in [1.165, 1.54) is 6.20 Å². The Balaban J connectivity index is 2.75. The number of hydrogen-bond acceptors (Lipinski definition) is 3. The lowest BCUT2D eigenvalue weighted by atomic mass is 10.2. The number of halogens is 2. The summed E-state index contributed by atoms with van der Waals surface area (Å²) >= 11 is 8.82. The average Bonchev–Trinajstić information content (AvgIpc) is 2.06. The van der Waals surface area contributed by atoms with E-state index in [-0.39, 0.29) is 11.6 Å². The number of hydrogen-bond donors (Lipinski definition) is 1. The van der Waals surface area contributed by atoms with Crippen LogP contribution >= 0.6 is 27.5 Å². The van der Waals surface area contributed by atoms with Crippen LogP contribution in [-0.2, 0) is 11.2 Å². The smallest absolute Gasteiger partial charge is 0.303 e. The summed E-state index contributed by atoms with van der Waals surface area (Å²) in [5.41, 5.74) is 0.499. The first kappa shape index (κ1) is 10.4. The van der Waals surface area contributed by atoms with Gasteiger partial charge in [-0.1, -0.05) is 11.6 Å². The molecule has 0 aliphatic heterocycles.